The molecule has 3 heterocycles. The quantitative estimate of drug-likeness (QED) is 0.198. The van der Waals surface area contributed by atoms with Crippen LogP contribution in [0.5, 0.6) is 0 Å². The van der Waals surface area contributed by atoms with Gasteiger partial charge in [-0.2, -0.15) is 5.26 Å². The van der Waals surface area contributed by atoms with Crippen molar-refractivity contribution >= 4 is 65.6 Å². The third kappa shape index (κ3) is 3.59. The van der Waals surface area contributed by atoms with Gasteiger partial charge < -0.3 is 13.6 Å². The van der Waals surface area contributed by atoms with E-state index in [1.165, 1.54) is 27.1 Å². The molecule has 3 aromatic heterocycles. The molecular weight excluding hydrogens is 587 g/mol. The summed E-state index contributed by atoms with van der Waals surface area (Å²) in [4.78, 5) is 0. The lowest BCUT2D eigenvalue weighted by atomic mass is 9.95. The Morgan fingerprint density at radius 3 is 1.92 bits per heavy atom. The molecule has 10 rings (SSSR count). The second-order valence-electron chi connectivity index (χ2n) is 12.8. The molecule has 0 saturated carbocycles. The number of hydrogen-bond donors (Lipinski definition) is 0. The van der Waals surface area contributed by atoms with Crippen molar-refractivity contribution in [3.8, 4) is 22.9 Å². The Kier molecular flexibility index (Phi) is 5.65. The van der Waals surface area contributed by atoms with Gasteiger partial charge in [-0.15, -0.1) is 0 Å². The highest BCUT2D eigenvalue weighted by Crippen LogP contribution is 2.46. The van der Waals surface area contributed by atoms with E-state index in [4.69, 9.17) is 4.42 Å². The first kappa shape index (κ1) is 26.9. The van der Waals surface area contributed by atoms with Crippen LogP contribution in [-0.4, -0.2) is 9.13 Å². The van der Waals surface area contributed by atoms with E-state index in [1.54, 1.807) is 0 Å². The van der Waals surface area contributed by atoms with Gasteiger partial charge in [-0.3, -0.25) is 0 Å². The van der Waals surface area contributed by atoms with Crippen LogP contribution < -0.4 is 0 Å². The third-order valence-corrected chi connectivity index (χ3v) is 10.3. The molecule has 4 nitrogen and oxygen atoms in total. The van der Waals surface area contributed by atoms with E-state index in [0.717, 1.165) is 55.3 Å². The molecular formula is C44H29N3O. The Labute approximate surface area is 276 Å². The van der Waals surface area contributed by atoms with Gasteiger partial charge in [0, 0.05) is 49.0 Å². The SMILES string of the molecule is CC1C=CC=CC1n1c2ccccc2c2ccc3c4cccc(-c5c(C#N)cccc5-n5c6ccccc6c6ccccc65)c4oc3c21. The van der Waals surface area contributed by atoms with Crippen molar-refractivity contribution in [3.05, 3.63) is 151 Å². The minimum Gasteiger partial charge on any atom is -0.453 e. The molecule has 0 N–H and O–H groups in total. The first-order chi connectivity index (χ1) is 23.7. The van der Waals surface area contributed by atoms with Crippen LogP contribution in [0.25, 0.3) is 82.4 Å². The van der Waals surface area contributed by atoms with Crippen molar-refractivity contribution in [3.63, 3.8) is 0 Å². The average molecular weight is 616 g/mol. The molecule has 48 heavy (non-hydrogen) atoms. The summed E-state index contributed by atoms with van der Waals surface area (Å²) in [5, 5.41) is 17.4. The maximum atomic E-state index is 10.6. The number of nitrogens with zero attached hydrogens (tertiary/aromatic N) is 3. The number of allylic oxidation sites excluding steroid dienone is 4. The molecule has 4 heteroatoms. The van der Waals surface area contributed by atoms with Crippen molar-refractivity contribution in [2.45, 2.75) is 13.0 Å². The summed E-state index contributed by atoms with van der Waals surface area (Å²) in [7, 11) is 0. The van der Waals surface area contributed by atoms with Gasteiger partial charge in [0.2, 0.25) is 0 Å². The van der Waals surface area contributed by atoms with Crippen LogP contribution in [0, 0.1) is 17.2 Å². The van der Waals surface area contributed by atoms with Crippen LogP contribution in [0.1, 0.15) is 18.5 Å². The van der Waals surface area contributed by atoms with E-state index in [1.807, 2.05) is 12.1 Å². The van der Waals surface area contributed by atoms with E-state index < -0.39 is 0 Å². The normalized spacial score (nSPS) is 16.2. The van der Waals surface area contributed by atoms with Crippen LogP contribution >= 0.6 is 0 Å². The minimum atomic E-state index is 0.150. The zero-order valence-electron chi connectivity index (χ0n) is 26.3. The van der Waals surface area contributed by atoms with Crippen LogP contribution in [0.4, 0.5) is 0 Å². The minimum absolute atomic E-state index is 0.150. The van der Waals surface area contributed by atoms with Crippen molar-refractivity contribution < 1.29 is 4.42 Å². The summed E-state index contributed by atoms with van der Waals surface area (Å²) >= 11 is 0. The van der Waals surface area contributed by atoms with Crippen LogP contribution in [0.2, 0.25) is 0 Å². The molecule has 6 aromatic carbocycles. The zero-order chi connectivity index (χ0) is 31.9. The summed E-state index contributed by atoms with van der Waals surface area (Å²) in [6, 6.07) is 45.1. The maximum Gasteiger partial charge on any atom is 0.159 e. The molecule has 0 bridgehead atoms. The smallest absolute Gasteiger partial charge is 0.159 e. The molecule has 0 saturated heterocycles. The summed E-state index contributed by atoms with van der Waals surface area (Å²) in [5.41, 5.74) is 9.47. The van der Waals surface area contributed by atoms with E-state index in [0.29, 0.717) is 11.5 Å². The second-order valence-corrected chi connectivity index (χ2v) is 12.8. The lowest BCUT2D eigenvalue weighted by Crippen LogP contribution is -2.15. The van der Waals surface area contributed by atoms with Gasteiger partial charge in [0.1, 0.15) is 5.58 Å². The predicted octanol–water partition coefficient (Wildman–Crippen LogP) is 11.6. The van der Waals surface area contributed by atoms with Crippen LogP contribution in [0.15, 0.2) is 150 Å². The molecule has 1 aliphatic carbocycles. The first-order valence-electron chi connectivity index (χ1n) is 16.5. The molecule has 2 unspecified atom stereocenters. The Bertz CT molecular complexity index is 2830. The zero-order valence-corrected chi connectivity index (χ0v) is 26.3. The highest BCUT2D eigenvalue weighted by Gasteiger charge is 2.26. The van der Waals surface area contributed by atoms with Crippen molar-refractivity contribution in [1.29, 1.82) is 5.26 Å². The second kappa shape index (κ2) is 10.1. The lowest BCUT2D eigenvalue weighted by molar-refractivity contribution is 0.509. The van der Waals surface area contributed by atoms with Gasteiger partial charge in [0.25, 0.3) is 0 Å². The molecule has 9 aromatic rings. The Morgan fingerprint density at radius 1 is 0.583 bits per heavy atom. The fourth-order valence-electron chi connectivity index (χ4n) is 8.16. The Morgan fingerprint density at radius 2 is 1.19 bits per heavy atom. The number of aromatic nitrogens is 2. The first-order valence-corrected chi connectivity index (χ1v) is 16.5. The molecule has 0 radical (unpaired) electrons. The number of fused-ring (bicyclic) bond motifs is 10. The van der Waals surface area contributed by atoms with Gasteiger partial charge in [0.05, 0.1) is 39.9 Å². The fourth-order valence-corrected chi connectivity index (χ4v) is 8.16. The molecule has 1 aliphatic rings. The largest absolute Gasteiger partial charge is 0.453 e. The molecule has 0 fully saturated rings. The predicted molar refractivity (Wildman–Crippen MR) is 198 cm³/mol. The summed E-state index contributed by atoms with van der Waals surface area (Å²) in [6.45, 7) is 2.27. The summed E-state index contributed by atoms with van der Waals surface area (Å²) in [6.07, 6.45) is 8.86. The summed E-state index contributed by atoms with van der Waals surface area (Å²) in [5.74, 6) is 0.320. The highest BCUT2D eigenvalue weighted by molar-refractivity contribution is 6.22. The van der Waals surface area contributed by atoms with E-state index in [9.17, 15) is 5.26 Å². The van der Waals surface area contributed by atoms with Crippen molar-refractivity contribution in [2.24, 2.45) is 5.92 Å². The number of furan rings is 1. The number of hydrogen-bond acceptors (Lipinski definition) is 2. The van der Waals surface area contributed by atoms with E-state index >= 15 is 0 Å². The Hall–Kier alpha value is -6.31. The van der Waals surface area contributed by atoms with Crippen LogP contribution in [-0.2, 0) is 0 Å². The third-order valence-electron chi connectivity index (χ3n) is 10.3. The van der Waals surface area contributed by atoms with Crippen molar-refractivity contribution in [1.82, 2.24) is 9.13 Å². The number of nitriles is 1. The molecule has 0 aliphatic heterocycles. The Balaban J connectivity index is 1.32. The van der Waals surface area contributed by atoms with E-state index in [-0.39, 0.29) is 6.04 Å². The van der Waals surface area contributed by atoms with Gasteiger partial charge in [-0.25, -0.2) is 0 Å². The number of para-hydroxylation sites is 4. The van der Waals surface area contributed by atoms with Gasteiger partial charge >= 0.3 is 0 Å². The molecule has 226 valence electrons. The van der Waals surface area contributed by atoms with Gasteiger partial charge in [-0.05, 0) is 42.3 Å². The summed E-state index contributed by atoms with van der Waals surface area (Å²) < 4.78 is 11.9. The number of benzene rings is 6. The highest BCUT2D eigenvalue weighted by atomic mass is 16.3. The lowest BCUT2D eigenvalue weighted by Gasteiger charge is -2.24. The molecule has 0 spiro atoms. The fraction of sp³-hybridized carbons (Fsp3) is 0.0682. The average Bonchev–Trinajstić information content (AvgIpc) is 3.79. The molecule has 0 amide bonds. The molecule has 2 atom stereocenters. The monoisotopic (exact) mass is 615 g/mol. The van der Waals surface area contributed by atoms with Crippen LogP contribution in [0.3, 0.4) is 0 Å². The van der Waals surface area contributed by atoms with Gasteiger partial charge in [-0.1, -0.05) is 116 Å². The van der Waals surface area contributed by atoms with Gasteiger partial charge in [0.15, 0.2) is 5.58 Å². The van der Waals surface area contributed by atoms with Crippen molar-refractivity contribution in [2.75, 3.05) is 0 Å². The topological polar surface area (TPSA) is 46.8 Å². The standard InChI is InChI=1S/C44H29N3O/c1-27-12-2-6-19-36(27)47-39-22-9-5-16-31(39)32-24-25-34-33-17-11-18-35(43(33)48-44(34)42(32)47)41-28(26-45)13-10-23-40(41)46-37-20-7-3-14-29(37)30-15-4-8-21-38(30)46/h2-25,27,36H,1H3. The maximum absolute atomic E-state index is 10.6. The number of rotatable bonds is 3. The van der Waals surface area contributed by atoms with E-state index in [2.05, 4.69) is 156 Å².